The van der Waals surface area contributed by atoms with Crippen molar-refractivity contribution in [3.63, 3.8) is 0 Å². The molecule has 0 radical (unpaired) electrons. The molecule has 1 amide bonds. The summed E-state index contributed by atoms with van der Waals surface area (Å²) in [5.41, 5.74) is -0.271. The van der Waals surface area contributed by atoms with E-state index in [1.54, 1.807) is 6.07 Å². The molecule has 2 rings (SSSR count). The fourth-order valence-corrected chi connectivity index (χ4v) is 5.50. The molecule has 1 aromatic rings. The van der Waals surface area contributed by atoms with Crippen LogP contribution in [0.2, 0.25) is 0 Å². The van der Waals surface area contributed by atoms with Crippen LogP contribution in [0, 0.1) is 5.41 Å². The summed E-state index contributed by atoms with van der Waals surface area (Å²) in [5.74, 6) is -1.02. The van der Waals surface area contributed by atoms with E-state index in [2.05, 4.69) is 37.2 Å². The molecule has 2 N–H and O–H groups in total. The lowest BCUT2D eigenvalue weighted by molar-refractivity contribution is -0.149. The number of halogens is 2. The molecular formula is C14H17Br2NO3S. The number of amides is 1. The second-order valence-electron chi connectivity index (χ2n) is 5.42. The van der Waals surface area contributed by atoms with Gasteiger partial charge < -0.3 is 10.4 Å². The molecule has 0 saturated heterocycles. The number of thiophene rings is 1. The molecule has 0 unspecified atom stereocenters. The molecule has 1 fully saturated rings. The summed E-state index contributed by atoms with van der Waals surface area (Å²) in [7, 11) is 0. The molecular weight excluding hydrogens is 422 g/mol. The van der Waals surface area contributed by atoms with Gasteiger partial charge in [0.2, 0.25) is 0 Å². The Balaban J connectivity index is 2.06. The molecule has 0 aliphatic heterocycles. The van der Waals surface area contributed by atoms with Crippen LogP contribution in [0.25, 0.3) is 0 Å². The van der Waals surface area contributed by atoms with Gasteiger partial charge in [-0.3, -0.25) is 9.59 Å². The number of hydrogen-bond acceptors (Lipinski definition) is 3. The molecule has 0 aromatic carbocycles. The molecule has 21 heavy (non-hydrogen) atoms. The quantitative estimate of drug-likeness (QED) is 0.683. The zero-order valence-corrected chi connectivity index (χ0v) is 15.4. The van der Waals surface area contributed by atoms with Crippen LogP contribution in [0.5, 0.6) is 0 Å². The van der Waals surface area contributed by atoms with E-state index in [1.165, 1.54) is 11.3 Å². The highest BCUT2D eigenvalue weighted by Gasteiger charge is 2.39. The van der Waals surface area contributed by atoms with Crippen molar-refractivity contribution in [1.82, 2.24) is 5.32 Å². The highest BCUT2D eigenvalue weighted by Crippen LogP contribution is 2.35. The molecule has 1 saturated carbocycles. The zero-order chi connectivity index (χ0) is 15.5. The number of nitrogens with one attached hydrogen (secondary N) is 1. The van der Waals surface area contributed by atoms with Crippen LogP contribution in [0.1, 0.15) is 48.9 Å². The van der Waals surface area contributed by atoms with Gasteiger partial charge in [-0.25, -0.2) is 0 Å². The normalized spacial score (nSPS) is 18.0. The van der Waals surface area contributed by atoms with Crippen LogP contribution < -0.4 is 5.32 Å². The SMILES string of the molecule is O=C(NCC1(C(=O)O)CCCCCC1)c1cc(Br)sc1Br. The number of aliphatic carboxylic acids is 1. The van der Waals surface area contributed by atoms with E-state index in [-0.39, 0.29) is 12.5 Å². The number of carboxylic acids is 1. The van der Waals surface area contributed by atoms with Gasteiger partial charge in [-0.2, -0.15) is 0 Å². The lowest BCUT2D eigenvalue weighted by Crippen LogP contribution is -2.42. The maximum Gasteiger partial charge on any atom is 0.311 e. The van der Waals surface area contributed by atoms with Crippen molar-refractivity contribution in [3.8, 4) is 0 Å². The van der Waals surface area contributed by atoms with Gasteiger partial charge in [-0.1, -0.05) is 25.7 Å². The summed E-state index contributed by atoms with van der Waals surface area (Å²) in [4.78, 5) is 23.9. The topological polar surface area (TPSA) is 66.4 Å². The molecule has 0 spiro atoms. The highest BCUT2D eigenvalue weighted by atomic mass is 79.9. The number of carbonyl (C=O) groups excluding carboxylic acids is 1. The van der Waals surface area contributed by atoms with Gasteiger partial charge in [0.15, 0.2) is 0 Å². The van der Waals surface area contributed by atoms with Crippen molar-refractivity contribution >= 4 is 55.1 Å². The number of hydrogen-bond donors (Lipinski definition) is 2. The second-order valence-corrected chi connectivity index (χ2v) is 9.17. The predicted octanol–water partition coefficient (Wildman–Crippen LogP) is 4.43. The van der Waals surface area contributed by atoms with Crippen molar-refractivity contribution in [1.29, 1.82) is 0 Å². The summed E-state index contributed by atoms with van der Waals surface area (Å²) >= 11 is 8.11. The number of carbonyl (C=O) groups is 2. The minimum absolute atomic E-state index is 0.196. The maximum atomic E-state index is 12.2. The Morgan fingerprint density at radius 2 is 1.86 bits per heavy atom. The molecule has 1 heterocycles. The van der Waals surface area contributed by atoms with Crippen LogP contribution in [-0.2, 0) is 4.79 Å². The monoisotopic (exact) mass is 437 g/mol. The van der Waals surface area contributed by atoms with Crippen LogP contribution in [0.15, 0.2) is 13.6 Å². The molecule has 0 atom stereocenters. The molecule has 116 valence electrons. The van der Waals surface area contributed by atoms with E-state index in [9.17, 15) is 14.7 Å². The van der Waals surface area contributed by atoms with Gasteiger partial charge in [0.1, 0.15) is 0 Å². The molecule has 1 aromatic heterocycles. The second kappa shape index (κ2) is 7.24. The minimum atomic E-state index is -0.814. The largest absolute Gasteiger partial charge is 0.481 e. The average Bonchev–Trinajstić information content (AvgIpc) is 2.65. The van der Waals surface area contributed by atoms with E-state index >= 15 is 0 Å². The fraction of sp³-hybridized carbons (Fsp3) is 0.571. The lowest BCUT2D eigenvalue weighted by Gasteiger charge is -2.28. The summed E-state index contributed by atoms with van der Waals surface area (Å²) in [6.07, 6.45) is 5.25. The van der Waals surface area contributed by atoms with Crippen LogP contribution in [0.4, 0.5) is 0 Å². The first-order valence-electron chi connectivity index (χ1n) is 6.91. The highest BCUT2D eigenvalue weighted by molar-refractivity contribution is 9.12. The van der Waals surface area contributed by atoms with Crippen LogP contribution in [0.3, 0.4) is 0 Å². The third-order valence-electron chi connectivity index (χ3n) is 4.00. The predicted molar refractivity (Wildman–Crippen MR) is 89.8 cm³/mol. The first-order valence-corrected chi connectivity index (χ1v) is 9.31. The Labute approximate surface area is 144 Å². The lowest BCUT2D eigenvalue weighted by atomic mass is 9.80. The standard InChI is InChI=1S/C14H17Br2NO3S/c15-10-7-9(11(16)21-10)12(18)17-8-14(13(19)20)5-3-1-2-4-6-14/h7H,1-6,8H2,(H,17,18)(H,19,20). The van der Waals surface area contributed by atoms with Crippen molar-refractivity contribution in [3.05, 3.63) is 19.2 Å². The van der Waals surface area contributed by atoms with E-state index in [0.29, 0.717) is 18.4 Å². The third kappa shape index (κ3) is 4.07. The Hall–Kier alpha value is -0.400. The molecule has 0 bridgehead atoms. The maximum absolute atomic E-state index is 12.2. The van der Waals surface area contributed by atoms with Gasteiger partial charge in [-0.05, 0) is 50.8 Å². The van der Waals surface area contributed by atoms with Gasteiger partial charge in [0, 0.05) is 6.54 Å². The summed E-state index contributed by atoms with van der Waals surface area (Å²) in [6.45, 7) is 0.196. The van der Waals surface area contributed by atoms with E-state index in [1.807, 2.05) is 0 Å². The molecule has 1 aliphatic carbocycles. The number of rotatable bonds is 4. The van der Waals surface area contributed by atoms with Crippen molar-refractivity contribution < 1.29 is 14.7 Å². The van der Waals surface area contributed by atoms with Gasteiger partial charge in [0.05, 0.1) is 18.6 Å². The molecule has 7 heteroatoms. The smallest absolute Gasteiger partial charge is 0.311 e. The van der Waals surface area contributed by atoms with Crippen molar-refractivity contribution in [2.24, 2.45) is 5.41 Å². The first kappa shape index (κ1) is 17.0. The van der Waals surface area contributed by atoms with Crippen LogP contribution >= 0.6 is 43.2 Å². The third-order valence-corrected chi connectivity index (χ3v) is 6.34. The summed E-state index contributed by atoms with van der Waals surface area (Å²) in [5, 5.41) is 12.4. The van der Waals surface area contributed by atoms with Crippen molar-refractivity contribution in [2.45, 2.75) is 38.5 Å². The van der Waals surface area contributed by atoms with Crippen molar-refractivity contribution in [2.75, 3.05) is 6.54 Å². The Morgan fingerprint density at radius 1 is 1.24 bits per heavy atom. The van der Waals surface area contributed by atoms with E-state index in [0.717, 1.165) is 33.3 Å². The van der Waals surface area contributed by atoms with Gasteiger partial charge >= 0.3 is 5.97 Å². The minimum Gasteiger partial charge on any atom is -0.481 e. The fourth-order valence-electron chi connectivity index (χ4n) is 2.71. The molecule has 1 aliphatic rings. The summed E-state index contributed by atoms with van der Waals surface area (Å²) in [6, 6.07) is 1.74. The first-order chi connectivity index (χ1) is 9.94. The Bertz CT molecular complexity index is 536. The van der Waals surface area contributed by atoms with E-state index < -0.39 is 11.4 Å². The summed E-state index contributed by atoms with van der Waals surface area (Å²) < 4.78 is 1.61. The average molecular weight is 439 g/mol. The van der Waals surface area contributed by atoms with Gasteiger partial charge in [-0.15, -0.1) is 11.3 Å². The van der Waals surface area contributed by atoms with E-state index in [4.69, 9.17) is 0 Å². The Morgan fingerprint density at radius 3 is 2.33 bits per heavy atom. The number of carboxylic acid groups (broad SMARTS) is 1. The molecule has 4 nitrogen and oxygen atoms in total. The van der Waals surface area contributed by atoms with Gasteiger partial charge in [0.25, 0.3) is 5.91 Å². The van der Waals surface area contributed by atoms with Crippen LogP contribution in [-0.4, -0.2) is 23.5 Å². The Kier molecular flexibility index (Phi) is 5.85. The zero-order valence-electron chi connectivity index (χ0n) is 11.5.